The van der Waals surface area contributed by atoms with Crippen LogP contribution in [0.25, 0.3) is 21.8 Å². The first-order valence-corrected chi connectivity index (χ1v) is 10.3. The standard InChI is InChI=1S/C22H21N5OS/c1-16(17-6-3-2-4-7-17)22(28)25-11-12-27-21(20-8-5-13-29-20)18(14-26-27)19-15-23-9-10-24-19/h2-10,13-16H,11-12H2,1H3,(H,25,28)/t16-/m0/s1. The first-order valence-electron chi connectivity index (χ1n) is 9.43. The van der Waals surface area contributed by atoms with Crippen molar-refractivity contribution in [3.63, 3.8) is 0 Å². The van der Waals surface area contributed by atoms with E-state index >= 15 is 0 Å². The average molecular weight is 404 g/mol. The molecule has 4 aromatic rings. The van der Waals surface area contributed by atoms with E-state index in [1.54, 1.807) is 29.9 Å². The molecule has 0 spiro atoms. The van der Waals surface area contributed by atoms with Crippen molar-refractivity contribution in [3.8, 4) is 21.8 Å². The van der Waals surface area contributed by atoms with Crippen LogP contribution in [0.5, 0.6) is 0 Å². The van der Waals surface area contributed by atoms with Gasteiger partial charge in [0.05, 0.1) is 41.1 Å². The summed E-state index contributed by atoms with van der Waals surface area (Å²) in [4.78, 5) is 22.2. The molecule has 0 fully saturated rings. The molecular formula is C22H21N5OS. The van der Waals surface area contributed by atoms with E-state index in [1.165, 1.54) is 0 Å². The number of carbonyl (C=O) groups excluding carboxylic acids is 1. The van der Waals surface area contributed by atoms with Gasteiger partial charge < -0.3 is 5.32 Å². The third-order valence-electron chi connectivity index (χ3n) is 4.75. The first kappa shape index (κ1) is 19.0. The second-order valence-corrected chi connectivity index (χ2v) is 7.57. The van der Waals surface area contributed by atoms with E-state index in [0.717, 1.165) is 27.4 Å². The second-order valence-electron chi connectivity index (χ2n) is 6.62. The summed E-state index contributed by atoms with van der Waals surface area (Å²) in [7, 11) is 0. The van der Waals surface area contributed by atoms with Gasteiger partial charge in [-0.25, -0.2) is 0 Å². The van der Waals surface area contributed by atoms with Crippen molar-refractivity contribution >= 4 is 17.2 Å². The highest BCUT2D eigenvalue weighted by Crippen LogP contribution is 2.33. The van der Waals surface area contributed by atoms with Gasteiger partial charge in [-0.15, -0.1) is 11.3 Å². The number of amides is 1. The van der Waals surface area contributed by atoms with Crippen LogP contribution in [-0.2, 0) is 11.3 Å². The van der Waals surface area contributed by atoms with Crippen molar-refractivity contribution in [2.24, 2.45) is 0 Å². The molecule has 3 heterocycles. The van der Waals surface area contributed by atoms with E-state index in [4.69, 9.17) is 0 Å². The first-order chi connectivity index (χ1) is 14.2. The van der Waals surface area contributed by atoms with Crippen molar-refractivity contribution in [1.29, 1.82) is 0 Å². The number of benzene rings is 1. The van der Waals surface area contributed by atoms with E-state index in [-0.39, 0.29) is 11.8 Å². The maximum absolute atomic E-state index is 12.5. The molecule has 0 unspecified atom stereocenters. The molecular weight excluding hydrogens is 382 g/mol. The van der Waals surface area contributed by atoms with Gasteiger partial charge in [-0.3, -0.25) is 19.4 Å². The lowest BCUT2D eigenvalue weighted by atomic mass is 10.0. The average Bonchev–Trinajstić information content (AvgIpc) is 3.44. The molecule has 1 atom stereocenters. The summed E-state index contributed by atoms with van der Waals surface area (Å²) >= 11 is 1.65. The monoisotopic (exact) mass is 403 g/mol. The quantitative estimate of drug-likeness (QED) is 0.506. The molecule has 3 aromatic heterocycles. The van der Waals surface area contributed by atoms with E-state index < -0.39 is 0 Å². The fourth-order valence-electron chi connectivity index (χ4n) is 3.18. The Hall–Kier alpha value is -3.32. The van der Waals surface area contributed by atoms with Crippen LogP contribution in [0, 0.1) is 0 Å². The molecule has 7 heteroatoms. The molecule has 6 nitrogen and oxygen atoms in total. The number of thiophene rings is 1. The summed E-state index contributed by atoms with van der Waals surface area (Å²) in [5.41, 5.74) is 3.72. The molecule has 0 saturated heterocycles. The Kier molecular flexibility index (Phi) is 5.76. The van der Waals surface area contributed by atoms with Gasteiger partial charge in [0.2, 0.25) is 5.91 Å². The molecule has 0 aliphatic rings. The summed E-state index contributed by atoms with van der Waals surface area (Å²) in [6, 6.07) is 13.9. The highest BCUT2D eigenvalue weighted by atomic mass is 32.1. The van der Waals surface area contributed by atoms with E-state index in [2.05, 4.69) is 26.4 Å². The lowest BCUT2D eigenvalue weighted by molar-refractivity contribution is -0.122. The Morgan fingerprint density at radius 2 is 2.00 bits per heavy atom. The zero-order valence-electron chi connectivity index (χ0n) is 16.0. The third-order valence-corrected chi connectivity index (χ3v) is 5.63. The highest BCUT2D eigenvalue weighted by molar-refractivity contribution is 7.13. The summed E-state index contributed by atoms with van der Waals surface area (Å²) in [6.45, 7) is 2.98. The van der Waals surface area contributed by atoms with Gasteiger partial charge in [0.25, 0.3) is 0 Å². The van der Waals surface area contributed by atoms with Crippen LogP contribution in [0.4, 0.5) is 0 Å². The van der Waals surface area contributed by atoms with Crippen molar-refractivity contribution in [2.75, 3.05) is 6.54 Å². The molecule has 1 N–H and O–H groups in total. The highest BCUT2D eigenvalue weighted by Gasteiger charge is 2.18. The molecule has 1 amide bonds. The molecule has 29 heavy (non-hydrogen) atoms. The lowest BCUT2D eigenvalue weighted by Crippen LogP contribution is -2.31. The van der Waals surface area contributed by atoms with Crippen LogP contribution >= 0.6 is 11.3 Å². The fourth-order valence-corrected chi connectivity index (χ4v) is 3.97. The second kappa shape index (κ2) is 8.79. The van der Waals surface area contributed by atoms with Crippen molar-refractivity contribution in [1.82, 2.24) is 25.1 Å². The predicted octanol–water partition coefficient (Wildman–Crippen LogP) is 3.99. The van der Waals surface area contributed by atoms with Crippen LogP contribution in [-0.4, -0.2) is 32.2 Å². The molecule has 0 saturated carbocycles. The minimum Gasteiger partial charge on any atom is -0.354 e. The summed E-state index contributed by atoms with van der Waals surface area (Å²) in [6.07, 6.45) is 6.88. The van der Waals surface area contributed by atoms with Gasteiger partial charge in [0.1, 0.15) is 0 Å². The molecule has 0 radical (unpaired) electrons. The van der Waals surface area contributed by atoms with Gasteiger partial charge in [-0.05, 0) is 23.9 Å². The molecule has 146 valence electrons. The van der Waals surface area contributed by atoms with Gasteiger partial charge in [-0.1, -0.05) is 36.4 Å². The number of rotatable bonds is 7. The Morgan fingerprint density at radius 1 is 1.14 bits per heavy atom. The number of hydrogen-bond donors (Lipinski definition) is 1. The Morgan fingerprint density at radius 3 is 2.72 bits per heavy atom. The normalized spacial score (nSPS) is 11.9. The minimum absolute atomic E-state index is 0.00943. The Bertz CT molecular complexity index is 1060. The van der Waals surface area contributed by atoms with Gasteiger partial charge >= 0.3 is 0 Å². The fraction of sp³-hybridized carbons (Fsp3) is 0.182. The van der Waals surface area contributed by atoms with Gasteiger partial charge in [-0.2, -0.15) is 5.10 Å². The van der Waals surface area contributed by atoms with Crippen molar-refractivity contribution in [2.45, 2.75) is 19.4 Å². The van der Waals surface area contributed by atoms with Crippen LogP contribution < -0.4 is 5.32 Å². The number of aromatic nitrogens is 4. The van der Waals surface area contributed by atoms with Crippen LogP contribution in [0.3, 0.4) is 0 Å². The third kappa shape index (κ3) is 4.25. The smallest absolute Gasteiger partial charge is 0.227 e. The van der Waals surface area contributed by atoms with E-state index in [0.29, 0.717) is 13.1 Å². The topological polar surface area (TPSA) is 72.7 Å². The van der Waals surface area contributed by atoms with E-state index in [1.807, 2.05) is 59.6 Å². The molecule has 0 aliphatic carbocycles. The summed E-state index contributed by atoms with van der Waals surface area (Å²) < 4.78 is 1.92. The van der Waals surface area contributed by atoms with Gasteiger partial charge in [0, 0.05) is 24.5 Å². The maximum atomic E-state index is 12.5. The van der Waals surface area contributed by atoms with Crippen LogP contribution in [0.2, 0.25) is 0 Å². The lowest BCUT2D eigenvalue weighted by Gasteiger charge is -2.13. The van der Waals surface area contributed by atoms with Crippen LogP contribution in [0.1, 0.15) is 18.4 Å². The van der Waals surface area contributed by atoms with Crippen molar-refractivity contribution in [3.05, 3.63) is 78.2 Å². The number of nitrogens with one attached hydrogen (secondary N) is 1. The number of nitrogens with zero attached hydrogens (tertiary/aromatic N) is 4. The molecule has 4 rings (SSSR count). The van der Waals surface area contributed by atoms with E-state index in [9.17, 15) is 4.79 Å². The van der Waals surface area contributed by atoms with Crippen molar-refractivity contribution < 1.29 is 4.79 Å². The largest absolute Gasteiger partial charge is 0.354 e. The number of hydrogen-bond acceptors (Lipinski definition) is 5. The maximum Gasteiger partial charge on any atom is 0.227 e. The zero-order valence-corrected chi connectivity index (χ0v) is 16.8. The number of carbonyl (C=O) groups is 1. The van der Waals surface area contributed by atoms with Crippen LogP contribution in [0.15, 0.2) is 72.6 Å². The summed E-state index contributed by atoms with van der Waals surface area (Å²) in [5.74, 6) is -0.184. The molecule has 0 aliphatic heterocycles. The summed E-state index contributed by atoms with van der Waals surface area (Å²) in [5, 5.41) is 9.62. The Balaban J connectivity index is 1.49. The SMILES string of the molecule is C[C@H](C(=O)NCCn1ncc(-c2cnccn2)c1-c1cccs1)c1ccccc1. The Labute approximate surface area is 173 Å². The molecule has 0 bridgehead atoms. The molecule has 1 aromatic carbocycles. The minimum atomic E-state index is -0.194. The van der Waals surface area contributed by atoms with Gasteiger partial charge in [0.15, 0.2) is 0 Å². The zero-order chi connectivity index (χ0) is 20.1. The predicted molar refractivity (Wildman–Crippen MR) is 114 cm³/mol.